The number of rotatable bonds is 6. The van der Waals surface area contributed by atoms with Crippen molar-refractivity contribution < 1.29 is 14.2 Å². The summed E-state index contributed by atoms with van der Waals surface area (Å²) in [6, 6.07) is 0. The highest BCUT2D eigenvalue weighted by atomic mass is 16.5. The second kappa shape index (κ2) is 5.66. The van der Waals surface area contributed by atoms with Crippen LogP contribution in [-0.2, 0) is 14.2 Å². The van der Waals surface area contributed by atoms with Crippen molar-refractivity contribution in [2.24, 2.45) is 5.73 Å². The predicted molar refractivity (Wildman–Crippen MR) is 54.3 cm³/mol. The van der Waals surface area contributed by atoms with E-state index in [4.69, 9.17) is 19.9 Å². The van der Waals surface area contributed by atoms with Gasteiger partial charge in [0.1, 0.15) is 0 Å². The molecule has 0 aromatic heterocycles. The molecule has 0 spiro atoms. The summed E-state index contributed by atoms with van der Waals surface area (Å²) in [5.74, 6) is 0. The lowest BCUT2D eigenvalue weighted by Crippen LogP contribution is -2.46. The minimum Gasteiger partial charge on any atom is -0.382 e. The largest absolute Gasteiger partial charge is 0.382 e. The van der Waals surface area contributed by atoms with Gasteiger partial charge in [-0.05, 0) is 19.8 Å². The third kappa shape index (κ3) is 3.20. The van der Waals surface area contributed by atoms with Gasteiger partial charge in [0.2, 0.25) is 0 Å². The van der Waals surface area contributed by atoms with E-state index in [1.807, 2.05) is 6.92 Å². The third-order valence-electron chi connectivity index (χ3n) is 2.89. The minimum atomic E-state index is -0.187. The smallest absolute Gasteiger partial charge is 0.0728 e. The van der Waals surface area contributed by atoms with Crippen molar-refractivity contribution in [1.82, 2.24) is 0 Å². The average Bonchev–Trinajstić information content (AvgIpc) is 2.47. The van der Waals surface area contributed by atoms with Crippen LogP contribution < -0.4 is 5.73 Å². The fourth-order valence-electron chi connectivity index (χ4n) is 1.63. The van der Waals surface area contributed by atoms with Crippen molar-refractivity contribution in [3.8, 4) is 0 Å². The molecule has 0 radical (unpaired) electrons. The maximum atomic E-state index is 6.18. The highest BCUT2D eigenvalue weighted by Gasteiger charge is 2.37. The Morgan fingerprint density at radius 2 is 2.21 bits per heavy atom. The van der Waals surface area contributed by atoms with Crippen LogP contribution in [0.1, 0.15) is 19.8 Å². The van der Waals surface area contributed by atoms with Crippen LogP contribution in [-0.4, -0.2) is 45.2 Å². The van der Waals surface area contributed by atoms with Crippen molar-refractivity contribution in [1.29, 1.82) is 0 Å². The molecule has 0 aliphatic carbocycles. The van der Waals surface area contributed by atoms with Gasteiger partial charge in [0.05, 0.1) is 19.3 Å². The molecule has 0 saturated carbocycles. The summed E-state index contributed by atoms with van der Waals surface area (Å²) < 4.78 is 15.7. The van der Waals surface area contributed by atoms with Gasteiger partial charge in [0.15, 0.2) is 0 Å². The van der Waals surface area contributed by atoms with Gasteiger partial charge in [0, 0.05) is 25.9 Å². The lowest BCUT2D eigenvalue weighted by atomic mass is 9.90. The van der Waals surface area contributed by atoms with Crippen molar-refractivity contribution in [2.75, 3.05) is 33.5 Å². The molecule has 14 heavy (non-hydrogen) atoms. The van der Waals surface area contributed by atoms with E-state index in [9.17, 15) is 0 Å². The molecule has 1 saturated heterocycles. The van der Waals surface area contributed by atoms with Crippen LogP contribution in [0, 0.1) is 0 Å². The fourth-order valence-corrected chi connectivity index (χ4v) is 1.63. The van der Waals surface area contributed by atoms with Gasteiger partial charge in [-0.25, -0.2) is 0 Å². The van der Waals surface area contributed by atoms with Gasteiger partial charge in [-0.2, -0.15) is 0 Å². The summed E-state index contributed by atoms with van der Waals surface area (Å²) in [5, 5.41) is 0. The van der Waals surface area contributed by atoms with Crippen molar-refractivity contribution >= 4 is 0 Å². The molecule has 4 heteroatoms. The molecule has 0 aromatic rings. The van der Waals surface area contributed by atoms with E-state index >= 15 is 0 Å². The average molecular weight is 203 g/mol. The maximum Gasteiger partial charge on any atom is 0.0728 e. The van der Waals surface area contributed by atoms with Crippen LogP contribution in [0.4, 0.5) is 0 Å². The molecule has 0 bridgehead atoms. The molecule has 1 aliphatic heterocycles. The normalized spacial score (nSPS) is 32.4. The monoisotopic (exact) mass is 203 g/mol. The quantitative estimate of drug-likeness (QED) is 0.640. The molecule has 2 N–H and O–H groups in total. The molecule has 84 valence electrons. The summed E-state index contributed by atoms with van der Waals surface area (Å²) in [4.78, 5) is 0. The van der Waals surface area contributed by atoms with E-state index < -0.39 is 0 Å². The molecule has 0 amide bonds. The van der Waals surface area contributed by atoms with E-state index in [0.29, 0.717) is 19.8 Å². The van der Waals surface area contributed by atoms with Crippen molar-refractivity contribution in [2.45, 2.75) is 31.4 Å². The number of ether oxygens (including phenoxy) is 3. The lowest BCUT2D eigenvalue weighted by Gasteiger charge is -2.27. The summed E-state index contributed by atoms with van der Waals surface area (Å²) in [7, 11) is 1.67. The number of hydrogen-bond donors (Lipinski definition) is 1. The zero-order valence-electron chi connectivity index (χ0n) is 9.12. The second-order valence-corrected chi connectivity index (χ2v) is 3.85. The Kier molecular flexibility index (Phi) is 4.81. The first kappa shape index (κ1) is 11.9. The van der Waals surface area contributed by atoms with Crippen molar-refractivity contribution in [3.63, 3.8) is 0 Å². The second-order valence-electron chi connectivity index (χ2n) is 3.85. The van der Waals surface area contributed by atoms with Crippen LogP contribution in [0.25, 0.3) is 0 Å². The molecular weight excluding hydrogens is 182 g/mol. The molecule has 1 aliphatic rings. The standard InChI is InChI=1S/C10H21NO3/c1-9-10(11,4-6-14-9)3-5-13-8-7-12-2/h9H,3-8,11H2,1-2H3. The van der Waals surface area contributed by atoms with Gasteiger partial charge in [0.25, 0.3) is 0 Å². The first-order chi connectivity index (χ1) is 6.69. The number of hydrogen-bond acceptors (Lipinski definition) is 4. The van der Waals surface area contributed by atoms with E-state index in [-0.39, 0.29) is 11.6 Å². The fraction of sp³-hybridized carbons (Fsp3) is 1.00. The Morgan fingerprint density at radius 1 is 1.43 bits per heavy atom. The topological polar surface area (TPSA) is 53.7 Å². The summed E-state index contributed by atoms with van der Waals surface area (Å²) in [6.45, 7) is 4.77. The highest BCUT2D eigenvalue weighted by Crippen LogP contribution is 2.26. The van der Waals surface area contributed by atoms with Crippen LogP contribution in [0.5, 0.6) is 0 Å². The molecule has 0 aromatic carbocycles. The van der Waals surface area contributed by atoms with Crippen LogP contribution in [0.2, 0.25) is 0 Å². The van der Waals surface area contributed by atoms with E-state index in [2.05, 4.69) is 0 Å². The highest BCUT2D eigenvalue weighted by molar-refractivity contribution is 4.94. The number of methoxy groups -OCH3 is 1. The molecule has 1 heterocycles. The summed E-state index contributed by atoms with van der Waals surface area (Å²) >= 11 is 0. The molecular formula is C10H21NO3. The Hall–Kier alpha value is -0.160. The predicted octanol–water partition coefficient (Wildman–Crippen LogP) is 0.546. The summed E-state index contributed by atoms with van der Waals surface area (Å²) in [5.41, 5.74) is 5.99. The van der Waals surface area contributed by atoms with Crippen molar-refractivity contribution in [3.05, 3.63) is 0 Å². The van der Waals surface area contributed by atoms with Gasteiger partial charge in [-0.1, -0.05) is 0 Å². The Balaban J connectivity index is 2.10. The van der Waals surface area contributed by atoms with E-state index in [1.54, 1.807) is 7.11 Å². The minimum absolute atomic E-state index is 0.147. The Morgan fingerprint density at radius 3 is 2.79 bits per heavy atom. The molecule has 2 atom stereocenters. The first-order valence-electron chi connectivity index (χ1n) is 5.16. The van der Waals surface area contributed by atoms with Gasteiger partial charge < -0.3 is 19.9 Å². The zero-order chi connectivity index (χ0) is 10.4. The number of nitrogens with two attached hydrogens (primary N) is 1. The van der Waals surface area contributed by atoms with Gasteiger partial charge in [-0.15, -0.1) is 0 Å². The van der Waals surface area contributed by atoms with E-state index in [0.717, 1.165) is 19.4 Å². The van der Waals surface area contributed by atoms with Crippen LogP contribution in [0.15, 0.2) is 0 Å². The molecule has 4 nitrogen and oxygen atoms in total. The Bertz CT molecular complexity index is 165. The first-order valence-corrected chi connectivity index (χ1v) is 5.16. The van der Waals surface area contributed by atoms with Crippen LogP contribution in [0.3, 0.4) is 0 Å². The summed E-state index contributed by atoms with van der Waals surface area (Å²) in [6.07, 6.45) is 1.94. The zero-order valence-corrected chi connectivity index (χ0v) is 9.12. The SMILES string of the molecule is COCCOCCC1(N)CCOC1C. The molecule has 2 unspecified atom stereocenters. The Labute approximate surface area is 85.7 Å². The maximum absolute atomic E-state index is 6.18. The lowest BCUT2D eigenvalue weighted by molar-refractivity contribution is 0.0464. The molecule has 1 rings (SSSR count). The van der Waals surface area contributed by atoms with Crippen LogP contribution >= 0.6 is 0 Å². The van der Waals surface area contributed by atoms with E-state index in [1.165, 1.54) is 0 Å². The van der Waals surface area contributed by atoms with Gasteiger partial charge >= 0.3 is 0 Å². The molecule has 1 fully saturated rings. The third-order valence-corrected chi connectivity index (χ3v) is 2.89. The van der Waals surface area contributed by atoms with Gasteiger partial charge in [-0.3, -0.25) is 0 Å².